The molecule has 1 aromatic heterocycles. The van der Waals surface area contributed by atoms with Crippen molar-refractivity contribution in [3.63, 3.8) is 0 Å². The van der Waals surface area contributed by atoms with Crippen LogP contribution in [0.25, 0.3) is 10.9 Å². The van der Waals surface area contributed by atoms with Crippen molar-refractivity contribution in [2.24, 2.45) is 5.10 Å². The van der Waals surface area contributed by atoms with Gasteiger partial charge >= 0.3 is 0 Å². The van der Waals surface area contributed by atoms with Crippen molar-refractivity contribution < 1.29 is 0 Å². The number of anilines is 1. The number of nitrogens with zero attached hydrogens (tertiary/aromatic N) is 2. The molecule has 0 aliphatic heterocycles. The molecule has 1 heterocycles. The lowest BCUT2D eigenvalue weighted by Crippen LogP contribution is -2.20. The first kappa shape index (κ1) is 14.9. The number of fused-ring (bicyclic) bond motifs is 1. The van der Waals surface area contributed by atoms with Gasteiger partial charge in [-0.1, -0.05) is 48.9 Å². The van der Waals surface area contributed by atoms with Gasteiger partial charge in [0.15, 0.2) is 0 Å². The highest BCUT2D eigenvalue weighted by Gasteiger charge is 2.23. The minimum absolute atomic E-state index is 0.319. The number of hydrogen-bond acceptors (Lipinski definition) is 3. The van der Waals surface area contributed by atoms with Crippen LogP contribution in [0.5, 0.6) is 0 Å². The molecule has 3 heteroatoms. The standard InChI is InChI=1S/C21H21N3/c1-2-9-17(10-3-1)23-24-21-13-7-5-11-18(21)20-15-14-16-8-4-6-12-19(16)22-20/h1-4,6,8-10,12,14-15,18,23H,5,7,11,13H2. The first-order valence-corrected chi connectivity index (χ1v) is 8.63. The molecule has 1 saturated carbocycles. The van der Waals surface area contributed by atoms with E-state index in [-0.39, 0.29) is 0 Å². The van der Waals surface area contributed by atoms with Gasteiger partial charge in [0.25, 0.3) is 0 Å². The SMILES string of the molecule is c1ccc(NN=C2CCCCC2c2ccc3ccccc3n2)cc1. The molecule has 4 rings (SSSR count). The average Bonchev–Trinajstić information content (AvgIpc) is 2.67. The molecule has 3 nitrogen and oxygen atoms in total. The topological polar surface area (TPSA) is 37.3 Å². The molecular weight excluding hydrogens is 294 g/mol. The predicted octanol–water partition coefficient (Wildman–Crippen LogP) is 5.36. The maximum Gasteiger partial charge on any atom is 0.0705 e. The van der Waals surface area contributed by atoms with Gasteiger partial charge in [-0.25, -0.2) is 0 Å². The number of benzene rings is 2. The summed E-state index contributed by atoms with van der Waals surface area (Å²) in [6, 6.07) is 22.8. The number of para-hydroxylation sites is 2. The smallest absolute Gasteiger partial charge is 0.0705 e. The zero-order valence-corrected chi connectivity index (χ0v) is 13.7. The molecular formula is C21H21N3. The Balaban J connectivity index is 1.63. The highest BCUT2D eigenvalue weighted by Crippen LogP contribution is 2.31. The van der Waals surface area contributed by atoms with E-state index in [4.69, 9.17) is 10.1 Å². The molecule has 1 aliphatic rings. The predicted molar refractivity (Wildman–Crippen MR) is 100 cm³/mol. The van der Waals surface area contributed by atoms with Crippen molar-refractivity contribution in [2.75, 3.05) is 5.43 Å². The van der Waals surface area contributed by atoms with Crippen molar-refractivity contribution in [1.29, 1.82) is 0 Å². The Labute approximate surface area is 142 Å². The molecule has 3 aromatic rings. The van der Waals surface area contributed by atoms with Crippen LogP contribution < -0.4 is 5.43 Å². The fourth-order valence-corrected chi connectivity index (χ4v) is 3.37. The summed E-state index contributed by atoms with van der Waals surface area (Å²) >= 11 is 0. The van der Waals surface area contributed by atoms with Gasteiger partial charge in [0.2, 0.25) is 0 Å². The second-order valence-electron chi connectivity index (χ2n) is 6.31. The summed E-state index contributed by atoms with van der Waals surface area (Å²) in [6.45, 7) is 0. The van der Waals surface area contributed by atoms with Crippen LogP contribution in [0.3, 0.4) is 0 Å². The fourth-order valence-electron chi connectivity index (χ4n) is 3.37. The summed E-state index contributed by atoms with van der Waals surface area (Å²) in [4.78, 5) is 4.90. The summed E-state index contributed by atoms with van der Waals surface area (Å²) in [5.74, 6) is 0.319. The molecule has 1 aliphatic carbocycles. The summed E-state index contributed by atoms with van der Waals surface area (Å²) in [5.41, 5.74) is 7.66. The van der Waals surface area contributed by atoms with E-state index in [0.29, 0.717) is 5.92 Å². The number of rotatable bonds is 3. The molecule has 0 saturated heterocycles. The van der Waals surface area contributed by atoms with Crippen LogP contribution in [-0.4, -0.2) is 10.7 Å². The third-order valence-electron chi connectivity index (χ3n) is 4.66. The maximum atomic E-state index is 4.90. The molecule has 0 bridgehead atoms. The quantitative estimate of drug-likeness (QED) is 0.661. The third-order valence-corrected chi connectivity index (χ3v) is 4.66. The van der Waals surface area contributed by atoms with E-state index >= 15 is 0 Å². The molecule has 1 fully saturated rings. The maximum absolute atomic E-state index is 4.90. The number of hydrogen-bond donors (Lipinski definition) is 1. The summed E-state index contributed by atoms with van der Waals surface area (Å²) in [7, 11) is 0. The van der Waals surface area contributed by atoms with Crippen LogP contribution in [0, 0.1) is 0 Å². The van der Waals surface area contributed by atoms with Crippen molar-refractivity contribution in [3.05, 3.63) is 72.4 Å². The first-order chi connectivity index (χ1) is 11.9. The van der Waals surface area contributed by atoms with Gasteiger partial charge < -0.3 is 0 Å². The number of hydrazone groups is 1. The zero-order chi connectivity index (χ0) is 16.2. The van der Waals surface area contributed by atoms with Crippen LogP contribution in [0.1, 0.15) is 37.3 Å². The third kappa shape index (κ3) is 3.16. The average molecular weight is 315 g/mol. The van der Waals surface area contributed by atoms with E-state index < -0.39 is 0 Å². The van der Waals surface area contributed by atoms with Crippen LogP contribution >= 0.6 is 0 Å². The van der Waals surface area contributed by atoms with Crippen LogP contribution in [-0.2, 0) is 0 Å². The van der Waals surface area contributed by atoms with Gasteiger partial charge in [-0.15, -0.1) is 0 Å². The van der Waals surface area contributed by atoms with Crippen LogP contribution in [0.4, 0.5) is 5.69 Å². The van der Waals surface area contributed by atoms with Gasteiger partial charge in [0, 0.05) is 22.7 Å². The van der Waals surface area contributed by atoms with Crippen molar-refractivity contribution in [3.8, 4) is 0 Å². The van der Waals surface area contributed by atoms with Crippen LogP contribution in [0.15, 0.2) is 71.8 Å². The molecule has 1 N–H and O–H groups in total. The Morgan fingerprint density at radius 1 is 0.875 bits per heavy atom. The highest BCUT2D eigenvalue weighted by molar-refractivity contribution is 5.92. The summed E-state index contributed by atoms with van der Waals surface area (Å²) < 4.78 is 0. The van der Waals surface area contributed by atoms with E-state index in [2.05, 4.69) is 35.8 Å². The Morgan fingerprint density at radius 2 is 1.71 bits per heavy atom. The van der Waals surface area contributed by atoms with E-state index in [1.54, 1.807) is 0 Å². The first-order valence-electron chi connectivity index (χ1n) is 8.63. The lowest BCUT2D eigenvalue weighted by Gasteiger charge is -2.24. The molecule has 24 heavy (non-hydrogen) atoms. The second-order valence-corrected chi connectivity index (χ2v) is 6.31. The Morgan fingerprint density at radius 3 is 2.62 bits per heavy atom. The van der Waals surface area contributed by atoms with E-state index in [9.17, 15) is 0 Å². The van der Waals surface area contributed by atoms with Gasteiger partial charge in [0.05, 0.1) is 11.2 Å². The molecule has 0 radical (unpaired) electrons. The Kier molecular flexibility index (Phi) is 4.24. The number of nitrogens with one attached hydrogen (secondary N) is 1. The van der Waals surface area contributed by atoms with Gasteiger partial charge in [0.1, 0.15) is 0 Å². The van der Waals surface area contributed by atoms with Crippen LogP contribution in [0.2, 0.25) is 0 Å². The molecule has 1 atom stereocenters. The molecule has 1 unspecified atom stereocenters. The zero-order valence-electron chi connectivity index (χ0n) is 13.7. The monoisotopic (exact) mass is 315 g/mol. The minimum atomic E-state index is 0.319. The fraction of sp³-hybridized carbons (Fsp3) is 0.238. The second kappa shape index (κ2) is 6.83. The van der Waals surface area contributed by atoms with Crippen molar-refractivity contribution in [1.82, 2.24) is 4.98 Å². The van der Waals surface area contributed by atoms with E-state index in [1.807, 2.05) is 36.4 Å². The molecule has 2 aromatic carbocycles. The molecule has 0 amide bonds. The largest absolute Gasteiger partial charge is 0.279 e. The van der Waals surface area contributed by atoms with Crippen molar-refractivity contribution in [2.45, 2.75) is 31.6 Å². The van der Waals surface area contributed by atoms with Gasteiger partial charge in [-0.2, -0.15) is 5.10 Å². The summed E-state index contributed by atoms with van der Waals surface area (Å²) in [6.07, 6.45) is 4.61. The van der Waals surface area contributed by atoms with E-state index in [0.717, 1.165) is 29.7 Å². The normalized spacial score (nSPS) is 19.5. The number of pyridine rings is 1. The Hall–Kier alpha value is -2.68. The van der Waals surface area contributed by atoms with Gasteiger partial charge in [-0.3, -0.25) is 10.4 Å². The van der Waals surface area contributed by atoms with E-state index in [1.165, 1.54) is 23.9 Å². The minimum Gasteiger partial charge on any atom is -0.279 e. The lowest BCUT2D eigenvalue weighted by atomic mass is 9.84. The molecule has 120 valence electrons. The molecule has 0 spiro atoms. The summed E-state index contributed by atoms with van der Waals surface area (Å²) in [5, 5.41) is 5.91. The number of aromatic nitrogens is 1. The van der Waals surface area contributed by atoms with Crippen molar-refractivity contribution >= 4 is 22.3 Å². The Bertz CT molecular complexity index is 855. The van der Waals surface area contributed by atoms with Gasteiger partial charge in [-0.05, 0) is 43.5 Å². The lowest BCUT2D eigenvalue weighted by molar-refractivity contribution is 0.604. The highest BCUT2D eigenvalue weighted by atomic mass is 15.3.